The standard InChI is InChI=1S/C13H10BrN3O3S/c14-11-6-5-10(21-11)7-15-16-12(18)8-1-3-9(4-2-8)13(19)17-20/h1-7,20H,(H,16,18)(H,17,19)/b15-7+. The zero-order valence-corrected chi connectivity index (χ0v) is 12.9. The van der Waals surface area contributed by atoms with Gasteiger partial charge in [-0.25, -0.2) is 10.9 Å². The van der Waals surface area contributed by atoms with Gasteiger partial charge in [0, 0.05) is 16.0 Å². The first-order valence-electron chi connectivity index (χ1n) is 5.73. The molecule has 0 spiro atoms. The van der Waals surface area contributed by atoms with Crippen LogP contribution in [0.5, 0.6) is 0 Å². The van der Waals surface area contributed by atoms with Crippen molar-refractivity contribution in [2.75, 3.05) is 0 Å². The minimum atomic E-state index is -0.636. The van der Waals surface area contributed by atoms with Gasteiger partial charge in [0.25, 0.3) is 11.8 Å². The monoisotopic (exact) mass is 367 g/mol. The van der Waals surface area contributed by atoms with Crippen molar-refractivity contribution in [2.24, 2.45) is 5.10 Å². The first-order chi connectivity index (χ1) is 10.1. The van der Waals surface area contributed by atoms with Gasteiger partial charge in [-0.2, -0.15) is 5.10 Å². The van der Waals surface area contributed by atoms with Crippen LogP contribution in [0.1, 0.15) is 25.6 Å². The minimum absolute atomic E-state index is 0.251. The summed E-state index contributed by atoms with van der Waals surface area (Å²) in [4.78, 5) is 23.8. The number of nitrogens with zero attached hydrogens (tertiary/aromatic N) is 1. The predicted molar refractivity (Wildman–Crippen MR) is 82.8 cm³/mol. The van der Waals surface area contributed by atoms with Crippen molar-refractivity contribution in [3.8, 4) is 0 Å². The molecule has 1 heterocycles. The van der Waals surface area contributed by atoms with Crippen LogP contribution in [-0.2, 0) is 0 Å². The Morgan fingerprint density at radius 3 is 2.24 bits per heavy atom. The summed E-state index contributed by atoms with van der Waals surface area (Å²) in [6.45, 7) is 0. The fraction of sp³-hybridized carbons (Fsp3) is 0. The van der Waals surface area contributed by atoms with Crippen LogP contribution in [0.2, 0.25) is 0 Å². The Balaban J connectivity index is 1.97. The number of thiophene rings is 1. The van der Waals surface area contributed by atoms with E-state index in [1.165, 1.54) is 41.1 Å². The van der Waals surface area contributed by atoms with E-state index in [9.17, 15) is 9.59 Å². The highest BCUT2D eigenvalue weighted by atomic mass is 79.9. The van der Waals surface area contributed by atoms with E-state index in [1.807, 2.05) is 12.1 Å². The molecule has 0 fully saturated rings. The molecule has 0 atom stereocenters. The van der Waals surface area contributed by atoms with Crippen LogP contribution in [0.3, 0.4) is 0 Å². The average Bonchev–Trinajstić information content (AvgIpc) is 2.92. The number of carbonyl (C=O) groups is 2. The molecule has 0 radical (unpaired) electrons. The molecule has 21 heavy (non-hydrogen) atoms. The summed E-state index contributed by atoms with van der Waals surface area (Å²) in [5, 5.41) is 12.3. The van der Waals surface area contributed by atoms with Crippen LogP contribution in [0.15, 0.2) is 45.3 Å². The highest BCUT2D eigenvalue weighted by Crippen LogP contribution is 2.20. The molecular formula is C13H10BrN3O3S. The van der Waals surface area contributed by atoms with E-state index in [0.717, 1.165) is 8.66 Å². The number of nitrogens with one attached hydrogen (secondary N) is 2. The second-order valence-electron chi connectivity index (χ2n) is 3.86. The molecule has 0 saturated heterocycles. The van der Waals surface area contributed by atoms with Crippen LogP contribution in [-0.4, -0.2) is 23.2 Å². The second kappa shape index (κ2) is 7.11. The molecule has 1 aromatic heterocycles. The third-order valence-electron chi connectivity index (χ3n) is 2.46. The molecule has 1 aromatic carbocycles. The lowest BCUT2D eigenvalue weighted by Crippen LogP contribution is -2.20. The number of hydrogen-bond donors (Lipinski definition) is 3. The van der Waals surface area contributed by atoms with E-state index < -0.39 is 11.8 Å². The minimum Gasteiger partial charge on any atom is -0.288 e. The molecule has 0 aliphatic carbocycles. The van der Waals surface area contributed by atoms with E-state index in [4.69, 9.17) is 5.21 Å². The quantitative estimate of drug-likeness (QED) is 0.440. The van der Waals surface area contributed by atoms with E-state index in [1.54, 1.807) is 6.21 Å². The Kier molecular flexibility index (Phi) is 5.20. The van der Waals surface area contributed by atoms with Crippen LogP contribution in [0.25, 0.3) is 0 Å². The zero-order chi connectivity index (χ0) is 15.2. The van der Waals surface area contributed by atoms with Crippen molar-refractivity contribution in [3.63, 3.8) is 0 Å². The highest BCUT2D eigenvalue weighted by Gasteiger charge is 2.07. The molecule has 2 rings (SSSR count). The zero-order valence-electron chi connectivity index (χ0n) is 10.5. The normalized spacial score (nSPS) is 10.6. The van der Waals surface area contributed by atoms with Gasteiger partial charge >= 0.3 is 0 Å². The number of hydrogen-bond acceptors (Lipinski definition) is 5. The lowest BCUT2D eigenvalue weighted by molar-refractivity contribution is 0.0706. The van der Waals surface area contributed by atoms with Gasteiger partial charge in [-0.1, -0.05) is 0 Å². The first-order valence-corrected chi connectivity index (χ1v) is 7.34. The third kappa shape index (κ3) is 4.22. The van der Waals surface area contributed by atoms with Crippen molar-refractivity contribution in [1.82, 2.24) is 10.9 Å². The molecular weight excluding hydrogens is 358 g/mol. The number of amides is 2. The van der Waals surface area contributed by atoms with E-state index >= 15 is 0 Å². The second-order valence-corrected chi connectivity index (χ2v) is 6.35. The summed E-state index contributed by atoms with van der Waals surface area (Å²) in [7, 11) is 0. The predicted octanol–water partition coefficient (Wildman–Crippen LogP) is 2.39. The Morgan fingerprint density at radius 2 is 1.71 bits per heavy atom. The van der Waals surface area contributed by atoms with Crippen molar-refractivity contribution >= 4 is 45.3 Å². The van der Waals surface area contributed by atoms with Crippen molar-refractivity contribution in [3.05, 3.63) is 56.2 Å². The van der Waals surface area contributed by atoms with Crippen LogP contribution >= 0.6 is 27.3 Å². The van der Waals surface area contributed by atoms with Gasteiger partial charge in [-0.15, -0.1) is 11.3 Å². The maximum absolute atomic E-state index is 11.8. The molecule has 0 aliphatic heterocycles. The molecule has 0 aliphatic rings. The number of hydrazone groups is 1. The highest BCUT2D eigenvalue weighted by molar-refractivity contribution is 9.11. The number of halogens is 1. The summed E-state index contributed by atoms with van der Waals surface area (Å²) in [6.07, 6.45) is 1.54. The van der Waals surface area contributed by atoms with Gasteiger partial charge in [-0.3, -0.25) is 14.8 Å². The van der Waals surface area contributed by atoms with Crippen LogP contribution < -0.4 is 10.9 Å². The maximum atomic E-state index is 11.8. The SMILES string of the molecule is O=C(NO)c1ccc(C(=O)N/N=C/c2ccc(Br)s2)cc1. The number of carbonyl (C=O) groups excluding carboxylic acids is 2. The molecule has 2 aromatic rings. The van der Waals surface area contributed by atoms with Gasteiger partial charge < -0.3 is 0 Å². The molecule has 108 valence electrons. The Hall–Kier alpha value is -2.03. The topological polar surface area (TPSA) is 90.8 Å². The van der Waals surface area contributed by atoms with E-state index in [2.05, 4.69) is 26.5 Å². The van der Waals surface area contributed by atoms with Gasteiger partial charge in [0.2, 0.25) is 0 Å². The summed E-state index contributed by atoms with van der Waals surface area (Å²) in [5.74, 6) is -1.03. The molecule has 0 unspecified atom stereocenters. The number of hydroxylamine groups is 1. The molecule has 3 N–H and O–H groups in total. The largest absolute Gasteiger partial charge is 0.288 e. The van der Waals surface area contributed by atoms with Crippen molar-refractivity contribution in [2.45, 2.75) is 0 Å². The fourth-order valence-corrected chi connectivity index (χ4v) is 2.75. The van der Waals surface area contributed by atoms with E-state index in [0.29, 0.717) is 5.56 Å². The summed E-state index contributed by atoms with van der Waals surface area (Å²) in [6, 6.07) is 9.56. The van der Waals surface area contributed by atoms with Gasteiger partial charge in [-0.05, 0) is 52.3 Å². The Morgan fingerprint density at radius 1 is 1.10 bits per heavy atom. The van der Waals surface area contributed by atoms with Crippen molar-refractivity contribution in [1.29, 1.82) is 0 Å². The Labute approximate surface area is 132 Å². The smallest absolute Gasteiger partial charge is 0.274 e. The molecule has 0 saturated carbocycles. The molecule has 2 amide bonds. The molecule has 8 heteroatoms. The first kappa shape index (κ1) is 15.4. The summed E-state index contributed by atoms with van der Waals surface area (Å²) in [5.41, 5.74) is 4.52. The third-order valence-corrected chi connectivity index (χ3v) is 4.02. The van der Waals surface area contributed by atoms with Crippen LogP contribution in [0.4, 0.5) is 0 Å². The summed E-state index contributed by atoms with van der Waals surface area (Å²) >= 11 is 4.82. The van der Waals surface area contributed by atoms with Gasteiger partial charge in [0.15, 0.2) is 0 Å². The lowest BCUT2D eigenvalue weighted by atomic mass is 10.1. The maximum Gasteiger partial charge on any atom is 0.274 e. The number of benzene rings is 1. The van der Waals surface area contributed by atoms with Crippen molar-refractivity contribution < 1.29 is 14.8 Å². The molecule has 6 nitrogen and oxygen atoms in total. The summed E-state index contributed by atoms with van der Waals surface area (Å²) < 4.78 is 0.980. The number of rotatable bonds is 4. The lowest BCUT2D eigenvalue weighted by Gasteiger charge is -2.01. The average molecular weight is 368 g/mol. The van der Waals surface area contributed by atoms with Gasteiger partial charge in [0.1, 0.15) is 0 Å². The molecule has 0 bridgehead atoms. The fourth-order valence-electron chi connectivity index (χ4n) is 1.45. The van der Waals surface area contributed by atoms with Crippen LogP contribution in [0, 0.1) is 0 Å². The Bertz CT molecular complexity index is 682. The van der Waals surface area contributed by atoms with Gasteiger partial charge in [0.05, 0.1) is 10.0 Å². The van der Waals surface area contributed by atoms with E-state index in [-0.39, 0.29) is 5.56 Å².